The Hall–Kier alpha value is -3.28. The van der Waals surface area contributed by atoms with Crippen LogP contribution in [0.3, 0.4) is 0 Å². The molecule has 0 radical (unpaired) electrons. The molecule has 0 unspecified atom stereocenters. The molecule has 1 heterocycles. The lowest BCUT2D eigenvalue weighted by atomic mass is 9.96. The molecule has 0 aliphatic rings. The van der Waals surface area contributed by atoms with E-state index in [4.69, 9.17) is 32.4 Å². The summed E-state index contributed by atoms with van der Waals surface area (Å²) in [4.78, 5) is 12.6. The Bertz CT molecular complexity index is 1390. The summed E-state index contributed by atoms with van der Waals surface area (Å²) in [5.74, 6) is -0.486. The number of hydrogen-bond donors (Lipinski definition) is 1. The number of nitrogens with one attached hydrogen (secondary N) is 1. The van der Waals surface area contributed by atoms with Crippen molar-refractivity contribution in [2.45, 2.75) is 13.8 Å². The maximum atomic E-state index is 14.1. The lowest BCUT2D eigenvalue weighted by Gasteiger charge is -2.13. The van der Waals surface area contributed by atoms with Crippen molar-refractivity contribution < 1.29 is 18.3 Å². The highest BCUT2D eigenvalue weighted by molar-refractivity contribution is 6.31. The first-order valence-electron chi connectivity index (χ1n) is 10.1. The van der Waals surface area contributed by atoms with Gasteiger partial charge in [-0.3, -0.25) is 4.79 Å². The number of methoxy groups -OCH3 is 1. The van der Waals surface area contributed by atoms with Crippen LogP contribution in [0.1, 0.15) is 18.1 Å². The van der Waals surface area contributed by atoms with E-state index in [1.165, 1.54) is 18.2 Å². The molecular formula is C26H20Cl2FNO3. The van der Waals surface area contributed by atoms with E-state index in [2.05, 4.69) is 5.32 Å². The van der Waals surface area contributed by atoms with E-state index in [9.17, 15) is 9.18 Å². The SMILES string of the molecule is COc1c(/C(C)=C/C(=O)Nc2ccc(Cl)cc2F)cc2c(-c3ccc(Cl)cc3)coc2c1C. The Labute approximate surface area is 200 Å². The van der Waals surface area contributed by atoms with E-state index < -0.39 is 11.7 Å². The fourth-order valence-electron chi connectivity index (χ4n) is 3.76. The molecule has 3 aromatic carbocycles. The zero-order valence-electron chi connectivity index (χ0n) is 18.1. The van der Waals surface area contributed by atoms with Crippen LogP contribution in [0.25, 0.3) is 27.7 Å². The Balaban J connectivity index is 1.75. The zero-order valence-corrected chi connectivity index (χ0v) is 19.6. The summed E-state index contributed by atoms with van der Waals surface area (Å²) in [6.07, 6.45) is 3.10. The molecular weight excluding hydrogens is 464 g/mol. The van der Waals surface area contributed by atoms with Crippen LogP contribution in [0, 0.1) is 12.7 Å². The lowest BCUT2D eigenvalue weighted by Crippen LogP contribution is -2.10. The smallest absolute Gasteiger partial charge is 0.248 e. The number of halogens is 3. The van der Waals surface area contributed by atoms with Crippen molar-refractivity contribution in [2.24, 2.45) is 0 Å². The standard InChI is InChI=1S/C26H20Cl2FNO3/c1-14(10-24(31)30-23-9-8-18(28)11-22(23)29)19-12-20-21(16-4-6-17(27)7-5-16)13-33-26(20)15(2)25(19)32-3/h4-13H,1-3H3,(H,30,31)/b14-10+. The number of carbonyl (C=O) groups is 1. The molecule has 1 N–H and O–H groups in total. The van der Waals surface area contributed by atoms with E-state index in [-0.39, 0.29) is 10.7 Å². The maximum absolute atomic E-state index is 14.1. The van der Waals surface area contributed by atoms with E-state index in [0.29, 0.717) is 21.9 Å². The molecule has 0 aliphatic heterocycles. The van der Waals surface area contributed by atoms with Crippen LogP contribution in [0.4, 0.5) is 10.1 Å². The number of aryl methyl sites for hydroxylation is 1. The van der Waals surface area contributed by atoms with Gasteiger partial charge >= 0.3 is 0 Å². The summed E-state index contributed by atoms with van der Waals surface area (Å²) in [6.45, 7) is 3.69. The molecule has 0 saturated heterocycles. The number of benzene rings is 3. The summed E-state index contributed by atoms with van der Waals surface area (Å²) in [7, 11) is 1.57. The van der Waals surface area contributed by atoms with Gasteiger partial charge in [0.25, 0.3) is 0 Å². The highest BCUT2D eigenvalue weighted by atomic mass is 35.5. The Kier molecular flexibility index (Phi) is 6.45. The Morgan fingerprint density at radius 2 is 1.79 bits per heavy atom. The lowest BCUT2D eigenvalue weighted by molar-refractivity contribution is -0.111. The van der Waals surface area contributed by atoms with Crippen LogP contribution >= 0.6 is 23.2 Å². The first kappa shape index (κ1) is 22.9. The molecule has 0 aliphatic carbocycles. The zero-order chi connectivity index (χ0) is 23.7. The van der Waals surface area contributed by atoms with Crippen molar-refractivity contribution in [1.29, 1.82) is 0 Å². The van der Waals surface area contributed by atoms with Crippen LogP contribution < -0.4 is 10.1 Å². The number of anilines is 1. The number of ether oxygens (including phenoxy) is 1. The number of furan rings is 1. The summed E-state index contributed by atoms with van der Waals surface area (Å²) < 4.78 is 25.6. The van der Waals surface area contributed by atoms with Crippen molar-refractivity contribution in [3.63, 3.8) is 0 Å². The Morgan fingerprint density at radius 3 is 2.45 bits per heavy atom. The summed E-state index contributed by atoms with van der Waals surface area (Å²) in [6, 6.07) is 13.5. The third-order valence-electron chi connectivity index (χ3n) is 5.36. The van der Waals surface area contributed by atoms with E-state index >= 15 is 0 Å². The van der Waals surface area contributed by atoms with Crippen molar-refractivity contribution >= 4 is 51.3 Å². The average Bonchev–Trinajstić information content (AvgIpc) is 3.20. The van der Waals surface area contributed by atoms with Gasteiger partial charge in [0.15, 0.2) is 0 Å². The van der Waals surface area contributed by atoms with Gasteiger partial charge in [-0.2, -0.15) is 0 Å². The van der Waals surface area contributed by atoms with Gasteiger partial charge in [-0.05, 0) is 61.4 Å². The van der Waals surface area contributed by atoms with Crippen molar-refractivity contribution in [2.75, 3.05) is 12.4 Å². The van der Waals surface area contributed by atoms with Crippen molar-refractivity contribution in [3.8, 4) is 16.9 Å². The average molecular weight is 484 g/mol. The van der Waals surface area contributed by atoms with Crippen LogP contribution in [-0.2, 0) is 4.79 Å². The number of allylic oxidation sites excluding steroid dienone is 1. The highest BCUT2D eigenvalue weighted by Crippen LogP contribution is 2.40. The molecule has 4 rings (SSSR count). The van der Waals surface area contributed by atoms with Gasteiger partial charge in [-0.25, -0.2) is 4.39 Å². The Morgan fingerprint density at radius 1 is 1.09 bits per heavy atom. The first-order valence-corrected chi connectivity index (χ1v) is 10.8. The fraction of sp³-hybridized carbons (Fsp3) is 0.115. The molecule has 0 spiro atoms. The number of amides is 1. The number of carbonyl (C=O) groups excluding carboxylic acids is 1. The highest BCUT2D eigenvalue weighted by Gasteiger charge is 2.19. The van der Waals surface area contributed by atoms with Crippen LogP contribution in [0.2, 0.25) is 10.0 Å². The number of fused-ring (bicyclic) bond motifs is 1. The molecule has 7 heteroatoms. The van der Waals surface area contributed by atoms with E-state index in [1.807, 2.05) is 37.3 Å². The van der Waals surface area contributed by atoms with Gasteiger partial charge in [0.1, 0.15) is 17.1 Å². The third kappa shape index (κ3) is 4.61. The van der Waals surface area contributed by atoms with Gasteiger partial charge in [-0.15, -0.1) is 0 Å². The summed E-state index contributed by atoms with van der Waals surface area (Å²) in [5.41, 5.74) is 4.77. The minimum atomic E-state index is -0.609. The molecule has 0 saturated carbocycles. The van der Waals surface area contributed by atoms with E-state index in [1.54, 1.807) is 20.3 Å². The largest absolute Gasteiger partial charge is 0.496 e. The number of hydrogen-bond acceptors (Lipinski definition) is 3. The summed E-state index contributed by atoms with van der Waals surface area (Å²) >= 11 is 11.8. The van der Waals surface area contributed by atoms with Crippen LogP contribution in [0.15, 0.2) is 65.3 Å². The normalized spacial score (nSPS) is 11.6. The van der Waals surface area contributed by atoms with Gasteiger partial charge < -0.3 is 14.5 Å². The van der Waals surface area contributed by atoms with Crippen LogP contribution in [0.5, 0.6) is 5.75 Å². The minimum absolute atomic E-state index is 0.0481. The molecule has 0 bridgehead atoms. The van der Waals surface area contributed by atoms with Gasteiger partial charge in [0.05, 0.1) is 19.1 Å². The van der Waals surface area contributed by atoms with Crippen molar-refractivity contribution in [3.05, 3.63) is 87.9 Å². The molecule has 4 nitrogen and oxygen atoms in total. The number of rotatable bonds is 5. The van der Waals surface area contributed by atoms with Crippen LogP contribution in [-0.4, -0.2) is 13.0 Å². The van der Waals surface area contributed by atoms with E-state index in [0.717, 1.165) is 33.7 Å². The second kappa shape index (κ2) is 9.30. The molecule has 168 valence electrons. The predicted molar refractivity (Wildman–Crippen MR) is 132 cm³/mol. The monoisotopic (exact) mass is 483 g/mol. The predicted octanol–water partition coefficient (Wildman–Crippen LogP) is 7.90. The van der Waals surface area contributed by atoms with Crippen molar-refractivity contribution in [1.82, 2.24) is 0 Å². The maximum Gasteiger partial charge on any atom is 0.248 e. The second-order valence-electron chi connectivity index (χ2n) is 7.56. The quantitative estimate of drug-likeness (QED) is 0.293. The molecule has 0 atom stereocenters. The molecule has 1 amide bonds. The molecule has 0 fully saturated rings. The minimum Gasteiger partial charge on any atom is -0.496 e. The van der Waals surface area contributed by atoms with Gasteiger partial charge in [0.2, 0.25) is 5.91 Å². The fourth-order valence-corrected chi connectivity index (χ4v) is 4.04. The molecule has 1 aromatic heterocycles. The second-order valence-corrected chi connectivity index (χ2v) is 8.43. The molecule has 4 aromatic rings. The van der Waals surface area contributed by atoms with Gasteiger partial charge in [-0.1, -0.05) is 35.3 Å². The summed E-state index contributed by atoms with van der Waals surface area (Å²) in [5, 5.41) is 4.32. The first-order chi connectivity index (χ1) is 15.8. The van der Waals surface area contributed by atoms with Gasteiger partial charge in [0, 0.05) is 38.2 Å². The topological polar surface area (TPSA) is 51.5 Å². The third-order valence-corrected chi connectivity index (χ3v) is 5.85. The molecule has 33 heavy (non-hydrogen) atoms.